The van der Waals surface area contributed by atoms with E-state index >= 15 is 0 Å². The van der Waals surface area contributed by atoms with Gasteiger partial charge >= 0.3 is 0 Å². The zero-order valence-electron chi connectivity index (χ0n) is 12.0. The Balaban J connectivity index is 1.77. The van der Waals surface area contributed by atoms with Crippen molar-refractivity contribution in [2.45, 2.75) is 0 Å². The van der Waals surface area contributed by atoms with Crippen molar-refractivity contribution in [3.63, 3.8) is 0 Å². The van der Waals surface area contributed by atoms with Crippen LogP contribution in [0.2, 0.25) is 0 Å². The second-order valence-electron chi connectivity index (χ2n) is 4.41. The molecule has 23 heavy (non-hydrogen) atoms. The number of amides is 1. The van der Waals surface area contributed by atoms with Gasteiger partial charge in [0.2, 0.25) is 11.2 Å². The zero-order valence-corrected chi connectivity index (χ0v) is 12.8. The number of carbonyl (C=O) groups excluding carboxylic acids is 1. The summed E-state index contributed by atoms with van der Waals surface area (Å²) >= 11 is 1.26. The SMILES string of the molecule is COc1coc(C(=O)Nc2nc(-c3cccnc3)cs2)cc1=O. The Labute approximate surface area is 134 Å². The van der Waals surface area contributed by atoms with E-state index < -0.39 is 11.3 Å². The van der Waals surface area contributed by atoms with E-state index in [-0.39, 0.29) is 11.5 Å². The highest BCUT2D eigenvalue weighted by Gasteiger charge is 2.14. The molecule has 0 atom stereocenters. The van der Waals surface area contributed by atoms with E-state index in [1.807, 2.05) is 6.07 Å². The van der Waals surface area contributed by atoms with Gasteiger partial charge in [0.25, 0.3) is 5.91 Å². The molecule has 1 amide bonds. The molecule has 0 aliphatic heterocycles. The van der Waals surface area contributed by atoms with Crippen LogP contribution >= 0.6 is 11.3 Å². The van der Waals surface area contributed by atoms with E-state index in [4.69, 9.17) is 9.15 Å². The molecule has 0 saturated carbocycles. The molecule has 7 nitrogen and oxygen atoms in total. The predicted octanol–water partition coefficient (Wildman–Crippen LogP) is 2.42. The average Bonchev–Trinajstić information content (AvgIpc) is 3.04. The van der Waals surface area contributed by atoms with Crippen molar-refractivity contribution in [3.05, 3.63) is 58.2 Å². The van der Waals surface area contributed by atoms with E-state index in [9.17, 15) is 9.59 Å². The van der Waals surface area contributed by atoms with E-state index in [1.165, 1.54) is 18.4 Å². The lowest BCUT2D eigenvalue weighted by molar-refractivity contribution is 0.0993. The number of hydrogen-bond acceptors (Lipinski definition) is 7. The number of hydrogen-bond donors (Lipinski definition) is 1. The van der Waals surface area contributed by atoms with Gasteiger partial charge in [-0.3, -0.25) is 19.9 Å². The molecular weight excluding hydrogens is 318 g/mol. The molecule has 0 aromatic carbocycles. The van der Waals surface area contributed by atoms with Crippen molar-refractivity contribution < 1.29 is 13.9 Å². The number of thiazole rings is 1. The number of carbonyl (C=O) groups is 1. The lowest BCUT2D eigenvalue weighted by Gasteiger charge is -2.02. The highest BCUT2D eigenvalue weighted by molar-refractivity contribution is 7.14. The van der Waals surface area contributed by atoms with Crippen LogP contribution in [-0.4, -0.2) is 23.0 Å². The van der Waals surface area contributed by atoms with Crippen LogP contribution in [-0.2, 0) is 0 Å². The second kappa shape index (κ2) is 6.41. The lowest BCUT2D eigenvalue weighted by Crippen LogP contribution is -2.15. The van der Waals surface area contributed by atoms with Crippen LogP contribution < -0.4 is 15.5 Å². The van der Waals surface area contributed by atoms with Gasteiger partial charge < -0.3 is 9.15 Å². The number of pyridine rings is 1. The summed E-state index contributed by atoms with van der Waals surface area (Å²) in [5, 5.41) is 4.79. The van der Waals surface area contributed by atoms with Gasteiger partial charge in [0.1, 0.15) is 6.26 Å². The van der Waals surface area contributed by atoms with Crippen LogP contribution in [0, 0.1) is 0 Å². The first-order chi connectivity index (χ1) is 11.2. The van der Waals surface area contributed by atoms with Crippen molar-refractivity contribution >= 4 is 22.4 Å². The Morgan fingerprint density at radius 3 is 3.00 bits per heavy atom. The number of ether oxygens (including phenoxy) is 1. The smallest absolute Gasteiger partial charge is 0.293 e. The first-order valence-corrected chi connectivity index (χ1v) is 7.39. The predicted molar refractivity (Wildman–Crippen MR) is 84.8 cm³/mol. The van der Waals surface area contributed by atoms with E-state index in [2.05, 4.69) is 15.3 Å². The quantitative estimate of drug-likeness (QED) is 0.790. The molecule has 3 aromatic rings. The summed E-state index contributed by atoms with van der Waals surface area (Å²) < 4.78 is 9.88. The molecular formula is C15H11N3O4S. The topological polar surface area (TPSA) is 94.3 Å². The second-order valence-corrected chi connectivity index (χ2v) is 5.27. The summed E-state index contributed by atoms with van der Waals surface area (Å²) in [6, 6.07) is 4.75. The van der Waals surface area contributed by atoms with Gasteiger partial charge in [-0.05, 0) is 12.1 Å². The average molecular weight is 329 g/mol. The zero-order chi connectivity index (χ0) is 16.2. The standard InChI is InChI=1S/C15H11N3O4S/c1-21-13-7-22-12(5-11(13)19)14(20)18-15-17-10(8-23-15)9-3-2-4-16-6-9/h2-8H,1H3,(H,17,18,20). The van der Waals surface area contributed by atoms with Crippen molar-refractivity contribution in [2.75, 3.05) is 12.4 Å². The minimum atomic E-state index is -0.558. The van der Waals surface area contributed by atoms with Gasteiger partial charge in [-0.1, -0.05) is 0 Å². The van der Waals surface area contributed by atoms with Crippen molar-refractivity contribution in [1.82, 2.24) is 9.97 Å². The summed E-state index contributed by atoms with van der Waals surface area (Å²) in [4.78, 5) is 32.0. The van der Waals surface area contributed by atoms with E-state index in [1.54, 1.807) is 23.8 Å². The van der Waals surface area contributed by atoms with Gasteiger partial charge in [0, 0.05) is 29.4 Å². The molecule has 0 aliphatic rings. The largest absolute Gasteiger partial charge is 0.490 e. The molecule has 0 aliphatic carbocycles. The molecule has 0 spiro atoms. The molecule has 3 heterocycles. The Morgan fingerprint density at radius 1 is 1.43 bits per heavy atom. The van der Waals surface area contributed by atoms with Crippen LogP contribution in [0.25, 0.3) is 11.3 Å². The molecule has 3 aromatic heterocycles. The maximum Gasteiger partial charge on any atom is 0.293 e. The third-order valence-corrected chi connectivity index (χ3v) is 3.68. The van der Waals surface area contributed by atoms with Gasteiger partial charge in [-0.15, -0.1) is 11.3 Å². The summed E-state index contributed by atoms with van der Waals surface area (Å²) in [6.07, 6.45) is 4.45. The maximum absolute atomic E-state index is 12.1. The molecule has 1 N–H and O–H groups in total. The Hall–Kier alpha value is -3.00. The van der Waals surface area contributed by atoms with Crippen LogP contribution in [0.5, 0.6) is 5.75 Å². The van der Waals surface area contributed by atoms with Crippen LogP contribution in [0.3, 0.4) is 0 Å². The summed E-state index contributed by atoms with van der Waals surface area (Å²) in [5.74, 6) is -0.638. The molecule has 8 heteroatoms. The molecule has 116 valence electrons. The monoisotopic (exact) mass is 329 g/mol. The number of nitrogens with one attached hydrogen (secondary N) is 1. The van der Waals surface area contributed by atoms with Crippen LogP contribution in [0.15, 0.2) is 51.4 Å². The Bertz CT molecular complexity index is 889. The first-order valence-electron chi connectivity index (χ1n) is 6.51. The number of methoxy groups -OCH3 is 1. The van der Waals surface area contributed by atoms with E-state index in [0.29, 0.717) is 10.8 Å². The van der Waals surface area contributed by atoms with Crippen LogP contribution in [0.4, 0.5) is 5.13 Å². The Morgan fingerprint density at radius 2 is 2.30 bits per heavy atom. The highest BCUT2D eigenvalue weighted by atomic mass is 32.1. The fraction of sp³-hybridized carbons (Fsp3) is 0.0667. The molecule has 3 rings (SSSR count). The molecule has 0 bridgehead atoms. The van der Waals surface area contributed by atoms with Crippen molar-refractivity contribution in [1.29, 1.82) is 0 Å². The molecule has 0 unspecified atom stereocenters. The van der Waals surface area contributed by atoms with Gasteiger partial charge in [-0.2, -0.15) is 0 Å². The first kappa shape index (κ1) is 14.9. The minimum Gasteiger partial charge on any atom is -0.490 e. The summed E-state index contributed by atoms with van der Waals surface area (Å²) in [7, 11) is 1.35. The maximum atomic E-state index is 12.1. The minimum absolute atomic E-state index is 0.0367. The van der Waals surface area contributed by atoms with Crippen LogP contribution in [0.1, 0.15) is 10.6 Å². The highest BCUT2D eigenvalue weighted by Crippen LogP contribution is 2.24. The fourth-order valence-corrected chi connectivity index (χ4v) is 2.52. The lowest BCUT2D eigenvalue weighted by atomic mass is 10.2. The summed E-state index contributed by atoms with van der Waals surface area (Å²) in [6.45, 7) is 0. The Kier molecular flexibility index (Phi) is 4.15. The van der Waals surface area contributed by atoms with Gasteiger partial charge in [-0.25, -0.2) is 4.98 Å². The summed E-state index contributed by atoms with van der Waals surface area (Å²) in [5.41, 5.74) is 1.12. The number of rotatable bonds is 4. The number of aromatic nitrogens is 2. The van der Waals surface area contributed by atoms with Gasteiger partial charge in [0.05, 0.1) is 12.8 Å². The molecule has 0 saturated heterocycles. The fourth-order valence-electron chi connectivity index (χ4n) is 1.80. The normalized spacial score (nSPS) is 10.3. The molecule has 0 fully saturated rings. The van der Waals surface area contributed by atoms with Crippen molar-refractivity contribution in [3.8, 4) is 17.0 Å². The number of anilines is 1. The van der Waals surface area contributed by atoms with E-state index in [0.717, 1.165) is 17.9 Å². The molecule has 0 radical (unpaired) electrons. The third kappa shape index (κ3) is 3.27. The van der Waals surface area contributed by atoms with Gasteiger partial charge in [0.15, 0.2) is 10.9 Å². The number of nitrogens with zero attached hydrogens (tertiary/aromatic N) is 2. The van der Waals surface area contributed by atoms with Crippen molar-refractivity contribution in [2.24, 2.45) is 0 Å². The third-order valence-electron chi connectivity index (χ3n) is 2.92.